The smallest absolute Gasteiger partial charge is 0.205 e. The molecule has 2 N–H and O–H groups in total. The summed E-state index contributed by atoms with van der Waals surface area (Å²) < 4.78 is 2.13. The minimum atomic E-state index is -0.559. The maximum atomic E-state index is 9.87. The summed E-state index contributed by atoms with van der Waals surface area (Å²) in [5.74, 6) is 1.59. The Morgan fingerprint density at radius 2 is 1.83 bits per heavy atom. The standard InChI is InChI=1S/C22H24N6O/c1-3-6-21-23-20(15(2)29)14-28(21)13-16-9-11-17(12-10-16)18-7-4-5-8-19(18)22-24-26-27-25-22/h4-5,7-12,14-15,29H,3,6,13H2,1-2H3,(H,24,25,26,27). The van der Waals surface area contributed by atoms with E-state index in [0.29, 0.717) is 5.82 Å². The number of imidazole rings is 1. The van der Waals surface area contributed by atoms with Crippen LogP contribution < -0.4 is 0 Å². The first-order valence-electron chi connectivity index (χ1n) is 9.82. The minimum absolute atomic E-state index is 0.559. The molecule has 0 radical (unpaired) electrons. The summed E-state index contributed by atoms with van der Waals surface area (Å²) in [7, 11) is 0. The van der Waals surface area contributed by atoms with E-state index in [0.717, 1.165) is 47.6 Å². The molecule has 4 aromatic rings. The zero-order valence-corrected chi connectivity index (χ0v) is 16.6. The molecule has 0 amide bonds. The molecule has 4 rings (SSSR count). The fourth-order valence-corrected chi connectivity index (χ4v) is 3.43. The number of aromatic amines is 1. The van der Waals surface area contributed by atoms with E-state index in [9.17, 15) is 5.11 Å². The molecule has 0 fully saturated rings. The summed E-state index contributed by atoms with van der Waals surface area (Å²) in [6.45, 7) is 4.61. The van der Waals surface area contributed by atoms with Gasteiger partial charge in [-0.3, -0.25) is 0 Å². The molecule has 1 unspecified atom stereocenters. The second-order valence-corrected chi connectivity index (χ2v) is 7.11. The fourth-order valence-electron chi connectivity index (χ4n) is 3.43. The Morgan fingerprint density at radius 1 is 1.07 bits per heavy atom. The highest BCUT2D eigenvalue weighted by Crippen LogP contribution is 2.30. The third-order valence-electron chi connectivity index (χ3n) is 4.91. The maximum Gasteiger partial charge on any atom is 0.205 e. The van der Waals surface area contributed by atoms with Crippen LogP contribution in [0.2, 0.25) is 0 Å². The normalized spacial score (nSPS) is 12.2. The molecule has 7 heteroatoms. The van der Waals surface area contributed by atoms with Crippen molar-refractivity contribution in [3.63, 3.8) is 0 Å². The largest absolute Gasteiger partial charge is 0.387 e. The van der Waals surface area contributed by atoms with Crippen molar-refractivity contribution < 1.29 is 5.11 Å². The summed E-state index contributed by atoms with van der Waals surface area (Å²) in [6.07, 6.45) is 3.30. The predicted molar refractivity (Wildman–Crippen MR) is 111 cm³/mol. The molecule has 0 saturated heterocycles. The van der Waals surface area contributed by atoms with Crippen molar-refractivity contribution in [3.8, 4) is 22.5 Å². The van der Waals surface area contributed by atoms with Gasteiger partial charge in [0.25, 0.3) is 0 Å². The Hall–Kier alpha value is -3.32. The predicted octanol–water partition coefficient (Wildman–Crippen LogP) is 3.78. The number of aliphatic hydroxyl groups excluding tert-OH is 1. The van der Waals surface area contributed by atoms with Crippen molar-refractivity contribution in [2.75, 3.05) is 0 Å². The Labute approximate surface area is 169 Å². The van der Waals surface area contributed by atoms with Gasteiger partial charge >= 0.3 is 0 Å². The SMILES string of the molecule is CCCc1nc(C(C)O)cn1Cc1ccc(-c2ccccc2-c2nn[nH]n2)cc1. The molecule has 148 valence electrons. The lowest BCUT2D eigenvalue weighted by Gasteiger charge is -2.10. The molecule has 0 aliphatic rings. The van der Waals surface area contributed by atoms with Gasteiger partial charge in [-0.05, 0) is 35.2 Å². The van der Waals surface area contributed by atoms with E-state index in [4.69, 9.17) is 0 Å². The fraction of sp³-hybridized carbons (Fsp3) is 0.273. The lowest BCUT2D eigenvalue weighted by Crippen LogP contribution is -2.04. The van der Waals surface area contributed by atoms with Crippen molar-refractivity contribution in [1.29, 1.82) is 0 Å². The summed E-state index contributed by atoms with van der Waals surface area (Å²) in [5.41, 5.74) is 5.00. The monoisotopic (exact) mass is 388 g/mol. The van der Waals surface area contributed by atoms with E-state index < -0.39 is 6.10 Å². The molecule has 0 bridgehead atoms. The summed E-state index contributed by atoms with van der Waals surface area (Å²) in [4.78, 5) is 4.59. The van der Waals surface area contributed by atoms with Gasteiger partial charge in [0.05, 0.1) is 11.8 Å². The Morgan fingerprint density at radius 3 is 2.48 bits per heavy atom. The number of tetrazole rings is 1. The molecule has 0 aliphatic heterocycles. The van der Waals surface area contributed by atoms with Crippen molar-refractivity contribution in [2.45, 2.75) is 39.3 Å². The van der Waals surface area contributed by atoms with E-state index in [1.54, 1.807) is 6.92 Å². The molecular weight excluding hydrogens is 364 g/mol. The number of nitrogens with one attached hydrogen (secondary N) is 1. The number of nitrogens with zero attached hydrogens (tertiary/aromatic N) is 5. The quantitative estimate of drug-likeness (QED) is 0.503. The van der Waals surface area contributed by atoms with Crippen LogP contribution in [0.25, 0.3) is 22.5 Å². The average Bonchev–Trinajstić information content (AvgIpc) is 3.40. The Bertz CT molecular complexity index is 1070. The Balaban J connectivity index is 1.60. The van der Waals surface area contributed by atoms with Gasteiger partial charge in [-0.1, -0.05) is 55.5 Å². The molecular formula is C22H24N6O. The lowest BCUT2D eigenvalue weighted by atomic mass is 9.98. The number of aliphatic hydroxyl groups is 1. The number of H-pyrrole nitrogens is 1. The minimum Gasteiger partial charge on any atom is -0.387 e. The van der Waals surface area contributed by atoms with Gasteiger partial charge in [0.1, 0.15) is 5.82 Å². The Kier molecular flexibility index (Phi) is 5.48. The molecule has 2 aromatic heterocycles. The van der Waals surface area contributed by atoms with E-state index in [1.165, 1.54) is 5.56 Å². The first-order chi connectivity index (χ1) is 14.2. The van der Waals surface area contributed by atoms with Crippen LogP contribution in [-0.4, -0.2) is 35.3 Å². The van der Waals surface area contributed by atoms with E-state index >= 15 is 0 Å². The third-order valence-corrected chi connectivity index (χ3v) is 4.91. The van der Waals surface area contributed by atoms with Crippen LogP contribution in [0.15, 0.2) is 54.7 Å². The van der Waals surface area contributed by atoms with Crippen molar-refractivity contribution >= 4 is 0 Å². The van der Waals surface area contributed by atoms with Crippen LogP contribution in [0.1, 0.15) is 43.5 Å². The van der Waals surface area contributed by atoms with Gasteiger partial charge in [0, 0.05) is 24.7 Å². The third kappa shape index (κ3) is 4.09. The van der Waals surface area contributed by atoms with Crippen LogP contribution in [0.5, 0.6) is 0 Å². The highest BCUT2D eigenvalue weighted by atomic mass is 16.3. The molecule has 2 aromatic carbocycles. The molecule has 0 aliphatic carbocycles. The second-order valence-electron chi connectivity index (χ2n) is 7.11. The van der Waals surface area contributed by atoms with Crippen molar-refractivity contribution in [1.82, 2.24) is 30.2 Å². The van der Waals surface area contributed by atoms with Crippen LogP contribution in [0, 0.1) is 0 Å². The molecule has 1 atom stereocenters. The van der Waals surface area contributed by atoms with Gasteiger partial charge in [-0.15, -0.1) is 10.2 Å². The zero-order chi connectivity index (χ0) is 20.2. The molecule has 0 saturated carbocycles. The number of rotatable bonds is 7. The zero-order valence-electron chi connectivity index (χ0n) is 16.6. The molecule has 7 nitrogen and oxygen atoms in total. The van der Waals surface area contributed by atoms with Gasteiger partial charge in [-0.2, -0.15) is 5.21 Å². The van der Waals surface area contributed by atoms with Gasteiger partial charge < -0.3 is 9.67 Å². The lowest BCUT2D eigenvalue weighted by molar-refractivity contribution is 0.194. The average molecular weight is 388 g/mol. The summed E-state index contributed by atoms with van der Waals surface area (Å²) in [6, 6.07) is 16.5. The highest BCUT2D eigenvalue weighted by molar-refractivity contribution is 5.80. The second kappa shape index (κ2) is 8.36. The highest BCUT2D eigenvalue weighted by Gasteiger charge is 2.13. The number of hydrogen-bond acceptors (Lipinski definition) is 5. The van der Waals surface area contributed by atoms with Crippen LogP contribution in [-0.2, 0) is 13.0 Å². The van der Waals surface area contributed by atoms with Crippen LogP contribution in [0.3, 0.4) is 0 Å². The molecule has 2 heterocycles. The van der Waals surface area contributed by atoms with E-state index in [1.807, 2.05) is 24.4 Å². The van der Waals surface area contributed by atoms with Crippen LogP contribution >= 0.6 is 0 Å². The molecule has 0 spiro atoms. The topological polar surface area (TPSA) is 92.5 Å². The first-order valence-corrected chi connectivity index (χ1v) is 9.82. The van der Waals surface area contributed by atoms with Gasteiger partial charge in [-0.25, -0.2) is 4.98 Å². The van der Waals surface area contributed by atoms with Crippen molar-refractivity contribution in [3.05, 3.63) is 71.8 Å². The number of aromatic nitrogens is 6. The van der Waals surface area contributed by atoms with Gasteiger partial charge in [0.15, 0.2) is 0 Å². The summed E-state index contributed by atoms with van der Waals surface area (Å²) in [5, 5.41) is 24.3. The maximum absolute atomic E-state index is 9.87. The number of benzene rings is 2. The summed E-state index contributed by atoms with van der Waals surface area (Å²) >= 11 is 0. The number of aryl methyl sites for hydroxylation is 1. The van der Waals surface area contributed by atoms with E-state index in [2.05, 4.69) is 67.4 Å². The first kappa shape index (κ1) is 19.0. The van der Waals surface area contributed by atoms with Gasteiger partial charge in [0.2, 0.25) is 5.82 Å². The van der Waals surface area contributed by atoms with Crippen LogP contribution in [0.4, 0.5) is 0 Å². The molecule has 29 heavy (non-hydrogen) atoms. The number of hydrogen-bond donors (Lipinski definition) is 2. The van der Waals surface area contributed by atoms with E-state index in [-0.39, 0.29) is 0 Å². The van der Waals surface area contributed by atoms with Crippen molar-refractivity contribution in [2.24, 2.45) is 0 Å².